The molecule has 2 rings (SSSR count). The molecule has 0 heterocycles. The van der Waals surface area contributed by atoms with Crippen molar-refractivity contribution < 1.29 is 19.1 Å². The van der Waals surface area contributed by atoms with Crippen LogP contribution in [-0.2, 0) is 25.7 Å². The van der Waals surface area contributed by atoms with E-state index in [4.69, 9.17) is 15.9 Å². The minimum atomic E-state index is -0.912. The number of Topliss-reactive ketones (excluding diaryl/α,β-unsaturated/α-hetero) is 1. The number of carbonyl (C=O) groups is 3. The zero-order valence-corrected chi connectivity index (χ0v) is 16.9. The first kappa shape index (κ1) is 23.0. The quantitative estimate of drug-likeness (QED) is 0.215. The Bertz CT molecular complexity index is 934. The summed E-state index contributed by atoms with van der Waals surface area (Å²) in [6.45, 7) is 3.55. The molecule has 0 aliphatic carbocycles. The molecule has 1 amide bonds. The Morgan fingerprint density at radius 1 is 1.13 bits per heavy atom. The van der Waals surface area contributed by atoms with E-state index in [0.717, 1.165) is 16.3 Å². The van der Waals surface area contributed by atoms with Crippen LogP contribution < -0.4 is 11.1 Å². The zero-order valence-electron chi connectivity index (χ0n) is 16.9. The van der Waals surface area contributed by atoms with Crippen LogP contribution in [-0.4, -0.2) is 36.5 Å². The van der Waals surface area contributed by atoms with Crippen LogP contribution in [0.3, 0.4) is 0 Å². The summed E-state index contributed by atoms with van der Waals surface area (Å²) in [5, 5.41) is 12.8. The van der Waals surface area contributed by atoms with Crippen LogP contribution in [0.2, 0.25) is 0 Å². The summed E-state index contributed by atoms with van der Waals surface area (Å²) < 4.78 is 5.32. The second-order valence-electron chi connectivity index (χ2n) is 6.84. The molecule has 158 valence electrons. The third-order valence-electron chi connectivity index (χ3n) is 4.80. The van der Waals surface area contributed by atoms with E-state index in [-0.39, 0.29) is 30.6 Å². The van der Waals surface area contributed by atoms with E-state index >= 15 is 0 Å². The molecule has 2 aromatic rings. The number of ketones is 1. The van der Waals surface area contributed by atoms with Gasteiger partial charge in [0.1, 0.15) is 12.3 Å². The lowest BCUT2D eigenvalue weighted by Gasteiger charge is -2.16. The number of esters is 1. The van der Waals surface area contributed by atoms with E-state index in [2.05, 4.69) is 11.9 Å². The summed E-state index contributed by atoms with van der Waals surface area (Å²) >= 11 is 0. The number of rotatable bonds is 12. The smallest absolute Gasteiger partial charge is 0.353 e. The molecule has 7 heteroatoms. The fraction of sp³-hybridized carbons (Fsp3) is 0.304. The first-order chi connectivity index (χ1) is 14.5. The summed E-state index contributed by atoms with van der Waals surface area (Å²) in [6, 6.07) is 13.5. The highest BCUT2D eigenvalue weighted by atomic mass is 16.5. The van der Waals surface area contributed by atoms with Gasteiger partial charge in [-0.3, -0.25) is 15.0 Å². The van der Waals surface area contributed by atoms with Gasteiger partial charge in [-0.25, -0.2) is 4.79 Å². The van der Waals surface area contributed by atoms with E-state index in [0.29, 0.717) is 25.8 Å². The van der Waals surface area contributed by atoms with E-state index in [1.54, 1.807) is 0 Å². The van der Waals surface area contributed by atoms with Gasteiger partial charge in [0.15, 0.2) is 5.78 Å². The van der Waals surface area contributed by atoms with Gasteiger partial charge in [-0.2, -0.15) is 0 Å². The van der Waals surface area contributed by atoms with Gasteiger partial charge in [0.2, 0.25) is 5.91 Å². The number of fused-ring (bicyclic) bond motifs is 1. The lowest BCUT2D eigenvalue weighted by molar-refractivity contribution is -0.138. The van der Waals surface area contributed by atoms with Crippen molar-refractivity contribution in [3.8, 4) is 0 Å². The van der Waals surface area contributed by atoms with Gasteiger partial charge in [-0.15, -0.1) is 0 Å². The first-order valence-electron chi connectivity index (χ1n) is 9.83. The Balaban J connectivity index is 1.94. The molecule has 1 atom stereocenters. The maximum absolute atomic E-state index is 12.4. The number of hydrogen-bond acceptors (Lipinski definition) is 6. The topological polar surface area (TPSA) is 122 Å². The van der Waals surface area contributed by atoms with Crippen molar-refractivity contribution >= 4 is 34.1 Å². The maximum Gasteiger partial charge on any atom is 0.353 e. The van der Waals surface area contributed by atoms with Crippen molar-refractivity contribution in [2.75, 3.05) is 13.1 Å². The first-order valence-corrected chi connectivity index (χ1v) is 9.83. The fourth-order valence-electron chi connectivity index (χ4n) is 3.15. The third-order valence-corrected chi connectivity index (χ3v) is 4.80. The molecule has 0 bridgehead atoms. The van der Waals surface area contributed by atoms with Crippen LogP contribution in [0, 0.1) is 11.3 Å². The molecule has 0 aromatic heterocycles. The van der Waals surface area contributed by atoms with Crippen molar-refractivity contribution in [2.24, 2.45) is 11.7 Å². The van der Waals surface area contributed by atoms with Crippen LogP contribution >= 0.6 is 0 Å². The standard InChI is InChI=1S/C23H27N3O4/c1-2-21(28)26-13-6-5-12-19(20(27)14-24)22(25)23(29)30-15-17-10-7-9-16-8-3-4-11-18(16)17/h2-4,7-11,19,25H,1,5-6,12-15,24H2,(H,26,28). The van der Waals surface area contributed by atoms with Gasteiger partial charge >= 0.3 is 5.97 Å². The van der Waals surface area contributed by atoms with Crippen LogP contribution in [0.15, 0.2) is 55.1 Å². The fourth-order valence-corrected chi connectivity index (χ4v) is 3.15. The Hall–Kier alpha value is -3.32. The van der Waals surface area contributed by atoms with Crippen LogP contribution in [0.5, 0.6) is 0 Å². The molecule has 1 unspecified atom stereocenters. The molecule has 0 saturated heterocycles. The average molecular weight is 409 g/mol. The van der Waals surface area contributed by atoms with Gasteiger partial charge in [0, 0.05) is 6.54 Å². The van der Waals surface area contributed by atoms with Gasteiger partial charge < -0.3 is 15.8 Å². The predicted molar refractivity (Wildman–Crippen MR) is 116 cm³/mol. The van der Waals surface area contributed by atoms with Gasteiger partial charge in [0.05, 0.1) is 12.5 Å². The zero-order chi connectivity index (χ0) is 21.9. The second kappa shape index (κ2) is 11.6. The summed E-state index contributed by atoms with van der Waals surface area (Å²) in [4.78, 5) is 35.7. The number of benzene rings is 2. The molecule has 0 spiro atoms. The van der Waals surface area contributed by atoms with Crippen molar-refractivity contribution in [3.63, 3.8) is 0 Å². The molecular formula is C23H27N3O4. The average Bonchev–Trinajstić information content (AvgIpc) is 2.78. The molecule has 0 radical (unpaired) electrons. The Morgan fingerprint density at radius 2 is 1.87 bits per heavy atom. The van der Waals surface area contributed by atoms with E-state index < -0.39 is 11.9 Å². The number of nitrogens with one attached hydrogen (secondary N) is 2. The summed E-state index contributed by atoms with van der Waals surface area (Å²) in [5.41, 5.74) is 5.90. The Labute approximate surface area is 175 Å². The van der Waals surface area contributed by atoms with E-state index in [1.165, 1.54) is 6.08 Å². The molecule has 7 nitrogen and oxygen atoms in total. The third kappa shape index (κ3) is 6.35. The second-order valence-corrected chi connectivity index (χ2v) is 6.84. The molecule has 0 fully saturated rings. The van der Waals surface area contributed by atoms with Crippen molar-refractivity contribution in [1.82, 2.24) is 5.32 Å². The van der Waals surface area contributed by atoms with Crippen molar-refractivity contribution in [2.45, 2.75) is 25.9 Å². The largest absolute Gasteiger partial charge is 0.456 e. The molecular weight excluding hydrogens is 382 g/mol. The van der Waals surface area contributed by atoms with Crippen LogP contribution in [0.25, 0.3) is 10.8 Å². The number of ether oxygens (including phenoxy) is 1. The molecule has 0 aliphatic rings. The molecule has 4 N–H and O–H groups in total. The van der Waals surface area contributed by atoms with Gasteiger partial charge in [-0.1, -0.05) is 55.5 Å². The molecule has 2 aromatic carbocycles. The highest BCUT2D eigenvalue weighted by molar-refractivity contribution is 6.39. The van der Waals surface area contributed by atoms with E-state index in [9.17, 15) is 14.4 Å². The normalized spacial score (nSPS) is 11.5. The molecule has 0 aliphatic heterocycles. The number of amides is 1. The highest BCUT2D eigenvalue weighted by Crippen LogP contribution is 2.20. The van der Waals surface area contributed by atoms with Crippen molar-refractivity contribution in [1.29, 1.82) is 5.41 Å². The molecule has 0 saturated carbocycles. The van der Waals surface area contributed by atoms with Crippen molar-refractivity contribution in [3.05, 3.63) is 60.7 Å². The number of hydrogen-bond donors (Lipinski definition) is 3. The lowest BCUT2D eigenvalue weighted by Crippen LogP contribution is -2.34. The number of carbonyl (C=O) groups excluding carboxylic acids is 3. The SMILES string of the molecule is C=CC(=O)NCCCCC(C(=N)C(=O)OCc1cccc2ccccc12)C(=O)CN. The monoisotopic (exact) mass is 409 g/mol. The Morgan fingerprint density at radius 3 is 2.60 bits per heavy atom. The van der Waals surface area contributed by atoms with Crippen LogP contribution in [0.4, 0.5) is 0 Å². The highest BCUT2D eigenvalue weighted by Gasteiger charge is 2.28. The Kier molecular flexibility index (Phi) is 8.90. The summed E-state index contributed by atoms with van der Waals surface area (Å²) in [6.07, 6.45) is 2.63. The minimum absolute atomic E-state index is 0.0136. The minimum Gasteiger partial charge on any atom is -0.456 e. The summed E-state index contributed by atoms with van der Waals surface area (Å²) in [7, 11) is 0. The maximum atomic E-state index is 12.4. The number of unbranched alkanes of at least 4 members (excludes halogenated alkanes) is 1. The van der Waals surface area contributed by atoms with Crippen LogP contribution in [0.1, 0.15) is 24.8 Å². The van der Waals surface area contributed by atoms with Gasteiger partial charge in [-0.05, 0) is 35.3 Å². The predicted octanol–water partition coefficient (Wildman–Crippen LogP) is 2.52. The summed E-state index contributed by atoms with van der Waals surface area (Å²) in [5.74, 6) is -2.38. The lowest BCUT2D eigenvalue weighted by atomic mass is 9.92. The van der Waals surface area contributed by atoms with E-state index in [1.807, 2.05) is 42.5 Å². The molecule has 30 heavy (non-hydrogen) atoms. The number of nitrogens with two attached hydrogens (primary N) is 1. The van der Waals surface area contributed by atoms with Gasteiger partial charge in [0.25, 0.3) is 0 Å².